The molecule has 1 fully saturated rings. The number of methoxy groups -OCH3 is 1. The van der Waals surface area contributed by atoms with Crippen LogP contribution >= 0.6 is 0 Å². The number of hydrogen-bond donors (Lipinski definition) is 2. The first-order valence-electron chi connectivity index (χ1n) is 6.40. The molecule has 1 aromatic heterocycles. The lowest BCUT2D eigenvalue weighted by atomic mass is 9.96. The molecular formula is C12H21N5O. The Kier molecular flexibility index (Phi) is 4.19. The molecule has 2 heterocycles. The van der Waals surface area contributed by atoms with Crippen molar-refractivity contribution >= 4 is 11.6 Å². The number of hydrogen-bond acceptors (Lipinski definition) is 6. The Bertz CT molecular complexity index is 398. The minimum atomic E-state index is 0.529. The van der Waals surface area contributed by atoms with E-state index in [-0.39, 0.29) is 0 Å². The summed E-state index contributed by atoms with van der Waals surface area (Å²) in [7, 11) is 1.62. The molecule has 1 aliphatic rings. The molecule has 3 N–H and O–H groups in total. The Labute approximate surface area is 108 Å². The number of nitrogen functional groups attached to an aromatic ring is 1. The van der Waals surface area contributed by atoms with Crippen molar-refractivity contribution in [2.45, 2.75) is 26.2 Å². The van der Waals surface area contributed by atoms with Gasteiger partial charge in [-0.15, -0.1) is 0 Å². The number of aromatic nitrogens is 2. The average Bonchev–Trinajstić information content (AvgIpc) is 2.46. The predicted octanol–water partition coefficient (Wildman–Crippen LogP) is 1.40. The standard InChI is InChI=1S/C12H21N5O/c1-3-9-5-4-6-17(7-9)12-10(18-2)11(16-13)14-8-15-12/h8-9H,3-7,13H2,1-2H3,(H,14,15,16). The summed E-state index contributed by atoms with van der Waals surface area (Å²) in [5.74, 6) is 8.15. The van der Waals surface area contributed by atoms with Crippen LogP contribution in [0.25, 0.3) is 0 Å². The van der Waals surface area contributed by atoms with E-state index in [1.807, 2.05) is 0 Å². The van der Waals surface area contributed by atoms with Crippen molar-refractivity contribution in [2.24, 2.45) is 11.8 Å². The summed E-state index contributed by atoms with van der Waals surface area (Å²) in [6.07, 6.45) is 5.20. The first-order chi connectivity index (χ1) is 8.80. The summed E-state index contributed by atoms with van der Waals surface area (Å²) < 4.78 is 5.38. The van der Waals surface area contributed by atoms with Gasteiger partial charge in [0, 0.05) is 13.1 Å². The van der Waals surface area contributed by atoms with Crippen LogP contribution in [-0.2, 0) is 0 Å². The van der Waals surface area contributed by atoms with E-state index >= 15 is 0 Å². The molecule has 1 atom stereocenters. The topological polar surface area (TPSA) is 76.3 Å². The van der Waals surface area contributed by atoms with Gasteiger partial charge in [-0.05, 0) is 18.8 Å². The molecule has 1 unspecified atom stereocenters. The smallest absolute Gasteiger partial charge is 0.205 e. The van der Waals surface area contributed by atoms with Gasteiger partial charge in [-0.2, -0.15) is 0 Å². The van der Waals surface area contributed by atoms with Gasteiger partial charge in [0.15, 0.2) is 11.6 Å². The summed E-state index contributed by atoms with van der Waals surface area (Å²) in [5.41, 5.74) is 2.55. The Morgan fingerprint density at radius 2 is 2.39 bits per heavy atom. The highest BCUT2D eigenvalue weighted by Gasteiger charge is 2.23. The molecular weight excluding hydrogens is 230 g/mol. The van der Waals surface area contributed by atoms with E-state index in [0.29, 0.717) is 11.6 Å². The Hall–Kier alpha value is -1.56. The highest BCUT2D eigenvalue weighted by molar-refractivity contribution is 5.64. The van der Waals surface area contributed by atoms with Gasteiger partial charge < -0.3 is 15.1 Å². The first kappa shape index (κ1) is 12.9. The van der Waals surface area contributed by atoms with E-state index in [9.17, 15) is 0 Å². The fourth-order valence-electron chi connectivity index (χ4n) is 2.47. The lowest BCUT2D eigenvalue weighted by molar-refractivity contribution is 0.386. The third-order valence-electron chi connectivity index (χ3n) is 3.52. The lowest BCUT2D eigenvalue weighted by Crippen LogP contribution is -2.36. The second-order valence-corrected chi connectivity index (χ2v) is 4.59. The maximum Gasteiger partial charge on any atom is 0.205 e. The number of ether oxygens (including phenoxy) is 1. The third kappa shape index (κ3) is 2.48. The molecule has 18 heavy (non-hydrogen) atoms. The monoisotopic (exact) mass is 251 g/mol. The molecule has 1 aliphatic heterocycles. The summed E-state index contributed by atoms with van der Waals surface area (Å²) in [4.78, 5) is 10.7. The fourth-order valence-corrected chi connectivity index (χ4v) is 2.47. The number of hydrazine groups is 1. The number of anilines is 2. The number of nitrogens with two attached hydrogens (primary N) is 1. The van der Waals surface area contributed by atoms with Crippen LogP contribution < -0.4 is 20.9 Å². The highest BCUT2D eigenvalue weighted by atomic mass is 16.5. The van der Waals surface area contributed by atoms with Gasteiger partial charge in [0.1, 0.15) is 6.33 Å². The van der Waals surface area contributed by atoms with Crippen molar-refractivity contribution in [2.75, 3.05) is 30.5 Å². The van der Waals surface area contributed by atoms with Crippen LogP contribution in [0, 0.1) is 5.92 Å². The van der Waals surface area contributed by atoms with Gasteiger partial charge in [0.25, 0.3) is 0 Å². The van der Waals surface area contributed by atoms with Gasteiger partial charge in [0.05, 0.1) is 7.11 Å². The zero-order valence-electron chi connectivity index (χ0n) is 11.0. The number of nitrogens with zero attached hydrogens (tertiary/aromatic N) is 3. The van der Waals surface area contributed by atoms with Gasteiger partial charge in [-0.3, -0.25) is 0 Å². The fraction of sp³-hybridized carbons (Fsp3) is 0.667. The molecule has 0 saturated carbocycles. The van der Waals surface area contributed by atoms with Gasteiger partial charge in [-0.25, -0.2) is 15.8 Å². The third-order valence-corrected chi connectivity index (χ3v) is 3.52. The first-order valence-corrected chi connectivity index (χ1v) is 6.40. The Balaban J connectivity index is 2.26. The maximum absolute atomic E-state index is 5.44. The van der Waals surface area contributed by atoms with E-state index in [4.69, 9.17) is 10.6 Å². The van der Waals surface area contributed by atoms with Crippen LogP contribution in [0.3, 0.4) is 0 Å². The van der Waals surface area contributed by atoms with Crippen molar-refractivity contribution in [1.29, 1.82) is 0 Å². The van der Waals surface area contributed by atoms with Crippen LogP contribution in [0.1, 0.15) is 26.2 Å². The molecule has 0 bridgehead atoms. The normalized spacial score (nSPS) is 19.7. The molecule has 0 radical (unpaired) electrons. The minimum Gasteiger partial charge on any atom is -0.490 e. The predicted molar refractivity (Wildman–Crippen MR) is 71.6 cm³/mol. The SMILES string of the molecule is CCC1CCCN(c2ncnc(NN)c2OC)C1. The zero-order valence-corrected chi connectivity index (χ0v) is 11.0. The van der Waals surface area contributed by atoms with E-state index in [2.05, 4.69) is 27.2 Å². The highest BCUT2D eigenvalue weighted by Crippen LogP contribution is 2.34. The van der Waals surface area contributed by atoms with Gasteiger partial charge in [0.2, 0.25) is 5.75 Å². The number of piperidine rings is 1. The maximum atomic E-state index is 5.44. The molecule has 6 nitrogen and oxygen atoms in total. The van der Waals surface area contributed by atoms with E-state index in [1.54, 1.807) is 7.11 Å². The van der Waals surface area contributed by atoms with Crippen molar-refractivity contribution < 1.29 is 4.74 Å². The molecule has 6 heteroatoms. The molecule has 1 aromatic rings. The summed E-state index contributed by atoms with van der Waals surface area (Å²) in [5, 5.41) is 0. The summed E-state index contributed by atoms with van der Waals surface area (Å²) >= 11 is 0. The zero-order chi connectivity index (χ0) is 13.0. The van der Waals surface area contributed by atoms with Crippen molar-refractivity contribution in [3.05, 3.63) is 6.33 Å². The molecule has 0 aromatic carbocycles. The Morgan fingerprint density at radius 1 is 1.56 bits per heavy atom. The molecule has 100 valence electrons. The largest absolute Gasteiger partial charge is 0.490 e. The lowest BCUT2D eigenvalue weighted by Gasteiger charge is -2.33. The van der Waals surface area contributed by atoms with Crippen LogP contribution in [0.5, 0.6) is 5.75 Å². The van der Waals surface area contributed by atoms with E-state index in [0.717, 1.165) is 24.8 Å². The second kappa shape index (κ2) is 5.86. The summed E-state index contributed by atoms with van der Waals surface area (Å²) in [6.45, 7) is 4.26. The van der Waals surface area contributed by atoms with Crippen molar-refractivity contribution in [3.63, 3.8) is 0 Å². The van der Waals surface area contributed by atoms with Crippen LogP contribution in [-0.4, -0.2) is 30.2 Å². The van der Waals surface area contributed by atoms with Gasteiger partial charge >= 0.3 is 0 Å². The van der Waals surface area contributed by atoms with Gasteiger partial charge in [-0.1, -0.05) is 13.3 Å². The van der Waals surface area contributed by atoms with E-state index < -0.39 is 0 Å². The van der Waals surface area contributed by atoms with Crippen molar-refractivity contribution in [1.82, 2.24) is 9.97 Å². The van der Waals surface area contributed by atoms with Crippen molar-refractivity contribution in [3.8, 4) is 5.75 Å². The van der Waals surface area contributed by atoms with Crippen LogP contribution in [0.2, 0.25) is 0 Å². The average molecular weight is 251 g/mol. The molecule has 0 amide bonds. The molecule has 0 spiro atoms. The molecule has 1 saturated heterocycles. The second-order valence-electron chi connectivity index (χ2n) is 4.59. The Morgan fingerprint density at radius 3 is 3.06 bits per heavy atom. The van der Waals surface area contributed by atoms with E-state index in [1.165, 1.54) is 25.6 Å². The number of nitrogens with one attached hydrogen (secondary N) is 1. The molecule has 2 rings (SSSR count). The quantitative estimate of drug-likeness (QED) is 0.622. The minimum absolute atomic E-state index is 0.529. The summed E-state index contributed by atoms with van der Waals surface area (Å²) in [6, 6.07) is 0. The molecule has 0 aliphatic carbocycles. The number of rotatable bonds is 4. The van der Waals surface area contributed by atoms with Crippen LogP contribution in [0.4, 0.5) is 11.6 Å². The van der Waals surface area contributed by atoms with Crippen LogP contribution in [0.15, 0.2) is 6.33 Å².